The van der Waals surface area contributed by atoms with E-state index >= 15 is 0 Å². The lowest BCUT2D eigenvalue weighted by atomic mass is 10.2. The van der Waals surface area contributed by atoms with Crippen LogP contribution in [0.5, 0.6) is 0 Å². The number of amidine groups is 1. The Morgan fingerprint density at radius 2 is 2.08 bits per heavy atom. The molecule has 62 valence electrons. The zero-order valence-corrected chi connectivity index (χ0v) is 8.36. The molecule has 0 saturated carbocycles. The fourth-order valence-electron chi connectivity index (χ4n) is 0.988. The molecule has 1 atom stereocenters. The number of halogens is 1. The summed E-state index contributed by atoms with van der Waals surface area (Å²) >= 11 is 2.10. The van der Waals surface area contributed by atoms with Crippen LogP contribution in [0.4, 0.5) is 0 Å². The van der Waals surface area contributed by atoms with Gasteiger partial charge in [-0.3, -0.25) is 0 Å². The summed E-state index contributed by atoms with van der Waals surface area (Å²) in [5, 5.41) is 0. The van der Waals surface area contributed by atoms with Crippen molar-refractivity contribution in [3.8, 4) is 0 Å². The lowest BCUT2D eigenvalue weighted by Crippen LogP contribution is -2.17. The molecule has 0 saturated heterocycles. The van der Waals surface area contributed by atoms with Crippen molar-refractivity contribution in [3.63, 3.8) is 0 Å². The minimum atomic E-state index is -0.113. The van der Waals surface area contributed by atoms with Crippen molar-refractivity contribution in [1.82, 2.24) is 5.48 Å². The van der Waals surface area contributed by atoms with Crippen LogP contribution in [0, 0.1) is 0 Å². The Hall–Kier alpha value is -0.620. The number of benzene rings is 1. The highest BCUT2D eigenvalue weighted by molar-refractivity contribution is 14.1. The van der Waals surface area contributed by atoms with Gasteiger partial charge in [0.15, 0.2) is 5.84 Å². The van der Waals surface area contributed by atoms with Crippen LogP contribution >= 0.6 is 22.6 Å². The van der Waals surface area contributed by atoms with Crippen LogP contribution < -0.4 is 5.48 Å². The van der Waals surface area contributed by atoms with Crippen molar-refractivity contribution < 1.29 is 4.84 Å². The predicted molar refractivity (Wildman–Crippen MR) is 55.0 cm³/mol. The highest BCUT2D eigenvalue weighted by Crippen LogP contribution is 2.12. The minimum absolute atomic E-state index is 0.113. The van der Waals surface area contributed by atoms with Crippen molar-refractivity contribution >= 4 is 28.4 Å². The molecule has 12 heavy (non-hydrogen) atoms. The SMILES string of the molecule is IC1N=C(c2ccccc2)NO1. The molecule has 0 fully saturated rings. The first-order valence-corrected chi connectivity index (χ1v) is 4.80. The van der Waals surface area contributed by atoms with E-state index in [1.165, 1.54) is 0 Å². The molecule has 1 aliphatic heterocycles. The highest BCUT2D eigenvalue weighted by atomic mass is 127. The number of hydroxylamine groups is 1. The van der Waals surface area contributed by atoms with Gasteiger partial charge in [0.1, 0.15) is 0 Å². The molecule has 1 N–H and O–H groups in total. The quantitative estimate of drug-likeness (QED) is 0.480. The minimum Gasteiger partial charge on any atom is -0.246 e. The summed E-state index contributed by atoms with van der Waals surface area (Å²) in [6.07, 6.45) is 0. The third-order valence-electron chi connectivity index (χ3n) is 1.53. The van der Waals surface area contributed by atoms with Crippen molar-refractivity contribution in [2.45, 2.75) is 4.23 Å². The highest BCUT2D eigenvalue weighted by Gasteiger charge is 2.14. The maximum atomic E-state index is 5.05. The maximum Gasteiger partial charge on any atom is 0.227 e. The lowest BCUT2D eigenvalue weighted by molar-refractivity contribution is 0.102. The van der Waals surface area contributed by atoms with Crippen molar-refractivity contribution in [2.75, 3.05) is 0 Å². The third-order valence-corrected chi connectivity index (χ3v) is 2.06. The number of hydrogen-bond donors (Lipinski definition) is 1. The number of aliphatic imine (C=N–C) groups is 1. The number of alkyl halides is 1. The van der Waals surface area contributed by atoms with E-state index in [1.807, 2.05) is 30.3 Å². The van der Waals surface area contributed by atoms with Gasteiger partial charge in [0.25, 0.3) is 0 Å². The molecule has 4 heteroatoms. The van der Waals surface area contributed by atoms with E-state index in [-0.39, 0.29) is 4.23 Å². The summed E-state index contributed by atoms with van der Waals surface area (Å²) in [4.78, 5) is 9.28. The molecule has 1 aromatic carbocycles. The molecule has 0 aromatic heterocycles. The second kappa shape index (κ2) is 3.40. The van der Waals surface area contributed by atoms with E-state index in [0.29, 0.717) is 0 Å². The second-order valence-corrected chi connectivity index (χ2v) is 3.42. The fourth-order valence-corrected chi connectivity index (χ4v) is 1.39. The van der Waals surface area contributed by atoms with Gasteiger partial charge in [-0.2, -0.15) is 0 Å². The summed E-state index contributed by atoms with van der Waals surface area (Å²) in [6.45, 7) is 0. The third kappa shape index (κ3) is 1.59. The maximum absolute atomic E-state index is 5.05. The van der Waals surface area contributed by atoms with Gasteiger partial charge in [0.05, 0.1) is 0 Å². The zero-order chi connectivity index (χ0) is 8.39. The molecule has 1 unspecified atom stereocenters. The zero-order valence-electron chi connectivity index (χ0n) is 6.20. The molecule has 0 aliphatic carbocycles. The van der Waals surface area contributed by atoms with Crippen LogP contribution in [0.25, 0.3) is 0 Å². The van der Waals surface area contributed by atoms with Crippen LogP contribution in [0.2, 0.25) is 0 Å². The Balaban J connectivity index is 2.27. The van der Waals surface area contributed by atoms with Gasteiger partial charge in [0, 0.05) is 5.56 Å². The van der Waals surface area contributed by atoms with Gasteiger partial charge in [-0.15, -0.1) is 0 Å². The number of nitrogens with zero attached hydrogens (tertiary/aromatic N) is 1. The number of nitrogens with one attached hydrogen (secondary N) is 1. The number of hydrogen-bond acceptors (Lipinski definition) is 3. The Morgan fingerprint density at radius 3 is 2.67 bits per heavy atom. The van der Waals surface area contributed by atoms with Crippen LogP contribution in [0.15, 0.2) is 35.3 Å². The van der Waals surface area contributed by atoms with E-state index in [1.54, 1.807) is 0 Å². The van der Waals surface area contributed by atoms with Crippen molar-refractivity contribution in [2.24, 2.45) is 4.99 Å². The summed E-state index contributed by atoms with van der Waals surface area (Å²) in [6, 6.07) is 9.90. The van der Waals surface area contributed by atoms with E-state index in [4.69, 9.17) is 4.84 Å². The van der Waals surface area contributed by atoms with Gasteiger partial charge in [-0.25, -0.2) is 15.3 Å². The summed E-state index contributed by atoms with van der Waals surface area (Å²) in [5.41, 5.74) is 3.82. The average Bonchev–Trinajstić information content (AvgIpc) is 2.54. The normalized spacial score (nSPS) is 21.8. The van der Waals surface area contributed by atoms with E-state index in [9.17, 15) is 0 Å². The fraction of sp³-hybridized carbons (Fsp3) is 0.125. The molecule has 1 heterocycles. The molecule has 0 amide bonds. The average molecular weight is 274 g/mol. The van der Waals surface area contributed by atoms with E-state index in [2.05, 4.69) is 33.1 Å². The molecular weight excluding hydrogens is 267 g/mol. The van der Waals surface area contributed by atoms with E-state index < -0.39 is 0 Å². The Labute approximate surface area is 83.9 Å². The molecule has 1 aliphatic rings. The van der Waals surface area contributed by atoms with Gasteiger partial charge >= 0.3 is 0 Å². The summed E-state index contributed by atoms with van der Waals surface area (Å²) < 4.78 is -0.113. The number of rotatable bonds is 1. The van der Waals surface area contributed by atoms with Gasteiger partial charge in [-0.05, 0) is 22.6 Å². The van der Waals surface area contributed by atoms with Gasteiger partial charge in [-0.1, -0.05) is 30.3 Å². The Kier molecular flexibility index (Phi) is 2.27. The van der Waals surface area contributed by atoms with Gasteiger partial charge < -0.3 is 0 Å². The molecule has 2 rings (SSSR count). The van der Waals surface area contributed by atoms with E-state index in [0.717, 1.165) is 11.4 Å². The topological polar surface area (TPSA) is 33.6 Å². The van der Waals surface area contributed by atoms with Crippen LogP contribution in [-0.2, 0) is 4.84 Å². The molecule has 1 aromatic rings. The summed E-state index contributed by atoms with van der Waals surface area (Å²) in [7, 11) is 0. The first kappa shape index (κ1) is 8.00. The smallest absolute Gasteiger partial charge is 0.227 e. The van der Waals surface area contributed by atoms with Crippen LogP contribution in [0.3, 0.4) is 0 Å². The first-order chi connectivity index (χ1) is 5.86. The first-order valence-electron chi connectivity index (χ1n) is 3.55. The molecule has 0 radical (unpaired) electrons. The molecular formula is C8H7IN2O. The van der Waals surface area contributed by atoms with Crippen molar-refractivity contribution in [1.29, 1.82) is 0 Å². The molecule has 0 bridgehead atoms. The molecule has 3 nitrogen and oxygen atoms in total. The Bertz CT molecular complexity index is 299. The van der Waals surface area contributed by atoms with Crippen molar-refractivity contribution in [3.05, 3.63) is 35.9 Å². The summed E-state index contributed by atoms with van der Waals surface area (Å²) in [5.74, 6) is 0.801. The second-order valence-electron chi connectivity index (χ2n) is 2.36. The standard InChI is InChI=1S/C8H7IN2O/c9-8-10-7(11-12-8)6-4-2-1-3-5-6/h1-5,8H,(H,10,11). The van der Waals surface area contributed by atoms with Crippen LogP contribution in [0.1, 0.15) is 5.56 Å². The largest absolute Gasteiger partial charge is 0.246 e. The van der Waals surface area contributed by atoms with Gasteiger partial charge in [0.2, 0.25) is 4.23 Å². The lowest BCUT2D eigenvalue weighted by Gasteiger charge is -1.98. The Morgan fingerprint density at radius 1 is 1.33 bits per heavy atom. The predicted octanol–water partition coefficient (Wildman–Crippen LogP) is 1.69. The molecule has 0 spiro atoms. The van der Waals surface area contributed by atoms with Crippen LogP contribution in [-0.4, -0.2) is 10.1 Å². The monoisotopic (exact) mass is 274 g/mol.